The van der Waals surface area contributed by atoms with E-state index in [-0.39, 0.29) is 26.1 Å². The van der Waals surface area contributed by atoms with Crippen molar-refractivity contribution in [2.24, 2.45) is 0 Å². The number of hydrogen-bond acceptors (Lipinski definition) is 8. The first kappa shape index (κ1) is 61.0. The first-order valence-electron chi connectivity index (χ1n) is 25.8. The van der Waals surface area contributed by atoms with Crippen molar-refractivity contribution in [1.82, 2.24) is 0 Å². The molecule has 0 fully saturated rings. The van der Waals surface area contributed by atoms with Crippen LogP contribution < -0.4 is 4.89 Å². The van der Waals surface area contributed by atoms with Gasteiger partial charge in [0.1, 0.15) is 19.8 Å². The summed E-state index contributed by atoms with van der Waals surface area (Å²) in [5.41, 5.74) is 0. The Labute approximate surface area is 388 Å². The highest BCUT2D eigenvalue weighted by atomic mass is 31.2. The third-order valence-corrected chi connectivity index (χ3v) is 12.1. The van der Waals surface area contributed by atoms with Crippen LogP contribution in [0.3, 0.4) is 0 Å². The van der Waals surface area contributed by atoms with Crippen molar-refractivity contribution in [1.29, 1.82) is 0 Å². The molecule has 0 bridgehead atoms. The maximum atomic E-state index is 12.7. The lowest BCUT2D eigenvalue weighted by atomic mass is 10.0. The molecule has 368 valence electrons. The summed E-state index contributed by atoms with van der Waals surface area (Å²) in [5.74, 6) is -0.837. The van der Waals surface area contributed by atoms with Crippen molar-refractivity contribution in [2.45, 2.75) is 232 Å². The van der Waals surface area contributed by atoms with E-state index in [2.05, 4.69) is 62.5 Å². The van der Waals surface area contributed by atoms with E-state index >= 15 is 0 Å². The summed E-state index contributed by atoms with van der Waals surface area (Å²) in [6.07, 6.45) is 54.9. The van der Waals surface area contributed by atoms with Crippen LogP contribution in [0.2, 0.25) is 0 Å². The van der Waals surface area contributed by atoms with Gasteiger partial charge < -0.3 is 27.9 Å². The molecule has 0 spiro atoms. The highest BCUT2D eigenvalue weighted by Crippen LogP contribution is 2.38. The number of hydrogen-bond donors (Lipinski definition) is 0. The number of rotatable bonds is 47. The SMILES string of the molecule is CC/C=C\C/C=C\C/C=C\C/C=C\CCCCCCCCCCCCCCCCCCCCCCC(=O)OC(COC(=O)CCCCCCCC)COP(=O)([O-])OCC[N+](C)(C)C. The standard InChI is InChI=1S/C53H98NO8P/c1-6-8-10-12-14-15-16-17-18-19-20-21-22-23-24-25-26-27-28-29-30-31-32-33-34-35-36-37-38-39-40-42-44-46-53(56)62-51(49-59-52(55)45-43-41-13-11-9-7-2)50-61-63(57,58)60-48-47-54(3,4)5/h8,10,14-15,17-18,20-21,51H,6-7,9,11-13,16,19,22-50H2,1-5H3/b10-8-,15-14-,18-17-,21-20-. The summed E-state index contributed by atoms with van der Waals surface area (Å²) < 4.78 is 33.8. The van der Waals surface area contributed by atoms with Crippen molar-refractivity contribution >= 4 is 19.8 Å². The number of phosphoric ester groups is 1. The Hall–Kier alpha value is -2.03. The van der Waals surface area contributed by atoms with Crippen LogP contribution in [0.25, 0.3) is 0 Å². The van der Waals surface area contributed by atoms with E-state index in [1.54, 1.807) is 0 Å². The average molecular weight is 908 g/mol. The molecule has 63 heavy (non-hydrogen) atoms. The molecular formula is C53H98NO8P. The number of ether oxygens (including phenoxy) is 2. The van der Waals surface area contributed by atoms with Gasteiger partial charge in [0, 0.05) is 12.8 Å². The first-order chi connectivity index (χ1) is 30.5. The van der Waals surface area contributed by atoms with Gasteiger partial charge in [-0.05, 0) is 51.4 Å². The van der Waals surface area contributed by atoms with Crippen LogP contribution in [0.4, 0.5) is 0 Å². The Balaban J connectivity index is 3.87. The molecule has 0 aliphatic rings. The number of carbonyl (C=O) groups excluding carboxylic acids is 2. The lowest BCUT2D eigenvalue weighted by Gasteiger charge is -2.28. The maximum absolute atomic E-state index is 12.7. The third kappa shape index (κ3) is 49.2. The van der Waals surface area contributed by atoms with E-state index in [1.165, 1.54) is 128 Å². The zero-order valence-corrected chi connectivity index (χ0v) is 42.4. The molecular weight excluding hydrogens is 810 g/mol. The van der Waals surface area contributed by atoms with Crippen LogP contribution in [0.1, 0.15) is 226 Å². The van der Waals surface area contributed by atoms with Crippen molar-refractivity contribution < 1.29 is 42.1 Å². The van der Waals surface area contributed by atoms with Gasteiger partial charge in [-0.3, -0.25) is 14.2 Å². The number of nitrogens with zero attached hydrogens (tertiary/aromatic N) is 1. The predicted octanol–water partition coefficient (Wildman–Crippen LogP) is 14.8. The summed E-state index contributed by atoms with van der Waals surface area (Å²) in [7, 11) is 1.17. The van der Waals surface area contributed by atoms with Gasteiger partial charge in [0.15, 0.2) is 6.10 Å². The maximum Gasteiger partial charge on any atom is 0.306 e. The molecule has 2 atom stereocenters. The molecule has 0 aliphatic carbocycles. The van der Waals surface area contributed by atoms with Gasteiger partial charge in [0.05, 0.1) is 27.7 Å². The normalized spacial score (nSPS) is 13.8. The molecule has 0 radical (unpaired) electrons. The van der Waals surface area contributed by atoms with Crippen LogP contribution in [0.5, 0.6) is 0 Å². The van der Waals surface area contributed by atoms with E-state index in [4.69, 9.17) is 18.5 Å². The molecule has 0 aromatic rings. The fourth-order valence-corrected chi connectivity index (χ4v) is 7.85. The largest absolute Gasteiger partial charge is 0.756 e. The topological polar surface area (TPSA) is 111 Å². The molecule has 0 N–H and O–H groups in total. The quantitative estimate of drug-likeness (QED) is 0.0195. The number of likely N-dealkylation sites (N-methyl/N-ethyl adjacent to an activating group) is 1. The average Bonchev–Trinajstić information content (AvgIpc) is 3.24. The number of unbranched alkanes of at least 4 members (excludes halogenated alkanes) is 25. The molecule has 10 heteroatoms. The number of quaternary nitrogens is 1. The molecule has 0 aliphatic heterocycles. The Kier molecular flexibility index (Phi) is 43.7. The van der Waals surface area contributed by atoms with Crippen molar-refractivity contribution in [3.8, 4) is 0 Å². The third-order valence-electron chi connectivity index (χ3n) is 11.1. The van der Waals surface area contributed by atoms with Crippen molar-refractivity contribution in [2.75, 3.05) is 47.5 Å². The van der Waals surface area contributed by atoms with E-state index in [0.717, 1.165) is 64.2 Å². The van der Waals surface area contributed by atoms with Gasteiger partial charge in [-0.15, -0.1) is 0 Å². The Morgan fingerprint density at radius 3 is 1.35 bits per heavy atom. The monoisotopic (exact) mass is 908 g/mol. The van der Waals surface area contributed by atoms with E-state index in [0.29, 0.717) is 17.4 Å². The molecule has 0 amide bonds. The van der Waals surface area contributed by atoms with Crippen LogP contribution in [-0.4, -0.2) is 70.0 Å². The van der Waals surface area contributed by atoms with Crippen LogP contribution in [0.15, 0.2) is 48.6 Å². The molecule has 0 saturated heterocycles. The lowest BCUT2D eigenvalue weighted by molar-refractivity contribution is -0.870. The number of carbonyl (C=O) groups is 2. The van der Waals surface area contributed by atoms with Crippen molar-refractivity contribution in [3.05, 3.63) is 48.6 Å². The Morgan fingerprint density at radius 2 is 0.905 bits per heavy atom. The molecule has 2 unspecified atom stereocenters. The highest BCUT2D eigenvalue weighted by molar-refractivity contribution is 7.45. The minimum Gasteiger partial charge on any atom is -0.756 e. The van der Waals surface area contributed by atoms with Crippen LogP contribution in [0, 0.1) is 0 Å². The molecule has 0 aromatic carbocycles. The number of allylic oxidation sites excluding steroid dienone is 8. The van der Waals surface area contributed by atoms with Gasteiger partial charge in [-0.2, -0.15) is 0 Å². The summed E-state index contributed by atoms with van der Waals surface area (Å²) in [4.78, 5) is 37.3. The van der Waals surface area contributed by atoms with Gasteiger partial charge in [-0.1, -0.05) is 210 Å². The van der Waals surface area contributed by atoms with Gasteiger partial charge in [0.2, 0.25) is 0 Å². The second-order valence-corrected chi connectivity index (χ2v) is 19.9. The number of phosphoric acid groups is 1. The molecule has 9 nitrogen and oxygen atoms in total. The second-order valence-electron chi connectivity index (χ2n) is 18.5. The summed E-state index contributed by atoms with van der Waals surface area (Å²) in [5, 5.41) is 0. The van der Waals surface area contributed by atoms with Crippen molar-refractivity contribution in [3.63, 3.8) is 0 Å². The summed E-state index contributed by atoms with van der Waals surface area (Å²) in [6, 6.07) is 0. The summed E-state index contributed by atoms with van der Waals surface area (Å²) >= 11 is 0. The molecule has 0 saturated carbocycles. The van der Waals surface area contributed by atoms with Gasteiger partial charge >= 0.3 is 11.9 Å². The smallest absolute Gasteiger partial charge is 0.306 e. The van der Waals surface area contributed by atoms with Crippen LogP contribution in [-0.2, 0) is 32.7 Å². The minimum absolute atomic E-state index is 0.0293. The molecule has 0 heterocycles. The summed E-state index contributed by atoms with van der Waals surface area (Å²) in [6.45, 7) is 4.06. The second kappa shape index (κ2) is 45.1. The lowest BCUT2D eigenvalue weighted by Crippen LogP contribution is -2.37. The predicted molar refractivity (Wildman–Crippen MR) is 264 cm³/mol. The van der Waals surface area contributed by atoms with Crippen LogP contribution >= 0.6 is 7.82 Å². The molecule has 0 aromatic heterocycles. The first-order valence-corrected chi connectivity index (χ1v) is 27.3. The van der Waals surface area contributed by atoms with E-state index < -0.39 is 32.5 Å². The van der Waals surface area contributed by atoms with Gasteiger partial charge in [0.25, 0.3) is 7.82 Å². The van der Waals surface area contributed by atoms with Gasteiger partial charge in [-0.25, -0.2) is 0 Å². The Morgan fingerprint density at radius 1 is 0.508 bits per heavy atom. The zero-order chi connectivity index (χ0) is 46.4. The highest BCUT2D eigenvalue weighted by Gasteiger charge is 2.21. The van der Waals surface area contributed by atoms with E-state index in [9.17, 15) is 19.0 Å². The molecule has 0 rings (SSSR count). The van der Waals surface area contributed by atoms with E-state index in [1.807, 2.05) is 21.1 Å². The zero-order valence-electron chi connectivity index (χ0n) is 41.5. The number of esters is 2. The Bertz CT molecular complexity index is 1210. The minimum atomic E-state index is -4.62. The fraction of sp³-hybridized carbons (Fsp3) is 0.811. The fourth-order valence-electron chi connectivity index (χ4n) is 7.12.